The van der Waals surface area contributed by atoms with Crippen LogP contribution in [0.3, 0.4) is 0 Å². The van der Waals surface area contributed by atoms with Crippen LogP contribution >= 0.6 is 0 Å². The minimum Gasteiger partial charge on any atom is -0.349 e. The number of likely N-dealkylation sites (N-methyl/N-ethyl adjacent to an activating group) is 1. The molecule has 0 radical (unpaired) electrons. The number of nitrogens with one attached hydrogen (secondary N) is 1. The molecule has 1 aromatic carbocycles. The number of nitrogens with zero attached hydrogens (tertiary/aromatic N) is 3. The van der Waals surface area contributed by atoms with Crippen LogP contribution in [0.5, 0.6) is 0 Å². The fourth-order valence-electron chi connectivity index (χ4n) is 8.71. The van der Waals surface area contributed by atoms with Gasteiger partial charge in [-0.05, 0) is 69.3 Å². The quantitative estimate of drug-likeness (QED) is 0.386. The van der Waals surface area contributed by atoms with E-state index in [9.17, 15) is 23.2 Å². The van der Waals surface area contributed by atoms with Gasteiger partial charge in [-0.25, -0.2) is 13.6 Å². The topological polar surface area (TPSA) is 73.0 Å². The predicted molar refractivity (Wildman–Crippen MR) is 156 cm³/mol. The second-order valence-electron chi connectivity index (χ2n) is 13.7. The minimum absolute atomic E-state index is 0.0349. The molecule has 3 aliphatic heterocycles. The molecule has 5 fully saturated rings. The van der Waals surface area contributed by atoms with Crippen molar-refractivity contribution in [3.8, 4) is 0 Å². The van der Waals surface area contributed by atoms with E-state index in [2.05, 4.69) is 10.2 Å². The summed E-state index contributed by atoms with van der Waals surface area (Å²) >= 11 is 0. The van der Waals surface area contributed by atoms with Crippen molar-refractivity contribution in [1.82, 2.24) is 20.0 Å². The number of fused-ring (bicyclic) bond motifs is 2. The molecule has 3 saturated heterocycles. The molecule has 1 spiro atoms. The summed E-state index contributed by atoms with van der Waals surface area (Å²) < 4.78 is 27.4. The van der Waals surface area contributed by atoms with Gasteiger partial charge < -0.3 is 10.2 Å². The number of halogens is 2. The number of rotatable bonds is 8. The second-order valence-corrected chi connectivity index (χ2v) is 13.7. The van der Waals surface area contributed by atoms with E-state index in [1.54, 1.807) is 7.05 Å². The van der Waals surface area contributed by atoms with Crippen molar-refractivity contribution in [2.24, 2.45) is 11.8 Å². The summed E-state index contributed by atoms with van der Waals surface area (Å²) in [6, 6.07) is 10.00. The van der Waals surface area contributed by atoms with Gasteiger partial charge in [0.2, 0.25) is 11.8 Å². The Balaban J connectivity index is 1.14. The Morgan fingerprint density at radius 2 is 1.60 bits per heavy atom. The molecule has 230 valence electrons. The maximum Gasteiger partial charge on any atom is 0.327 e. The van der Waals surface area contributed by atoms with Crippen molar-refractivity contribution in [3.05, 3.63) is 35.9 Å². The van der Waals surface area contributed by atoms with Crippen molar-refractivity contribution in [3.63, 3.8) is 0 Å². The number of alkyl halides is 2. The Kier molecular flexibility index (Phi) is 8.33. The van der Waals surface area contributed by atoms with Crippen molar-refractivity contribution < 1.29 is 23.2 Å². The third kappa shape index (κ3) is 5.70. The molecule has 4 amide bonds. The molecule has 6 rings (SSSR count). The highest BCUT2D eigenvalue weighted by molar-refractivity contribution is 6.07. The number of carbonyl (C=O) groups excluding carboxylic acids is 3. The monoisotopic (exact) mass is 584 g/mol. The van der Waals surface area contributed by atoms with E-state index in [4.69, 9.17) is 0 Å². The number of hydrogen-bond donors (Lipinski definition) is 1. The second kappa shape index (κ2) is 11.9. The molecule has 7 nitrogen and oxygen atoms in total. The summed E-state index contributed by atoms with van der Waals surface area (Å²) in [5.41, 5.74) is 0.284. The predicted octanol–water partition coefficient (Wildman–Crippen LogP) is 5.90. The summed E-state index contributed by atoms with van der Waals surface area (Å²) in [4.78, 5) is 46.1. The van der Waals surface area contributed by atoms with Crippen LogP contribution in [0.2, 0.25) is 0 Å². The lowest BCUT2D eigenvalue weighted by molar-refractivity contribution is -0.137. The van der Waals surface area contributed by atoms with Crippen LogP contribution < -0.4 is 5.32 Å². The van der Waals surface area contributed by atoms with Crippen molar-refractivity contribution >= 4 is 17.8 Å². The Morgan fingerprint density at radius 3 is 2.24 bits per heavy atom. The highest BCUT2D eigenvalue weighted by Crippen LogP contribution is 2.48. The van der Waals surface area contributed by atoms with Gasteiger partial charge >= 0.3 is 6.03 Å². The highest BCUT2D eigenvalue weighted by atomic mass is 19.3. The smallest absolute Gasteiger partial charge is 0.327 e. The molecule has 1 N–H and O–H groups in total. The third-order valence-corrected chi connectivity index (χ3v) is 11.1. The first-order chi connectivity index (χ1) is 20.2. The molecule has 3 heterocycles. The number of imide groups is 1. The van der Waals surface area contributed by atoms with E-state index in [0.717, 1.165) is 37.8 Å². The molecule has 2 aliphatic carbocycles. The van der Waals surface area contributed by atoms with Crippen LogP contribution in [0.1, 0.15) is 101 Å². The molecule has 42 heavy (non-hydrogen) atoms. The van der Waals surface area contributed by atoms with Crippen LogP contribution in [0.4, 0.5) is 13.6 Å². The average Bonchev–Trinajstić information content (AvgIpc) is 3.33. The number of amides is 4. The summed E-state index contributed by atoms with van der Waals surface area (Å²) in [7, 11) is 1.64. The minimum atomic E-state index is -2.66. The largest absolute Gasteiger partial charge is 0.349 e. The lowest BCUT2D eigenvalue weighted by atomic mass is 9.79. The molecule has 2 saturated carbocycles. The molecule has 2 bridgehead atoms. The van der Waals surface area contributed by atoms with Gasteiger partial charge in [0.05, 0.1) is 6.04 Å². The van der Waals surface area contributed by atoms with Crippen molar-refractivity contribution in [1.29, 1.82) is 0 Å². The zero-order chi connectivity index (χ0) is 29.5. The first-order valence-corrected chi connectivity index (χ1v) is 16.3. The molecule has 0 aromatic heterocycles. The molecular weight excluding hydrogens is 538 g/mol. The summed E-state index contributed by atoms with van der Waals surface area (Å²) in [5.74, 6) is -2.73. The molecule has 2 unspecified atom stereocenters. The van der Waals surface area contributed by atoms with Gasteiger partial charge in [-0.1, -0.05) is 49.6 Å². The van der Waals surface area contributed by atoms with Gasteiger partial charge in [0.25, 0.3) is 5.91 Å². The Hall–Kier alpha value is -2.55. The molecular formula is C33H46F2N4O3. The number of hydrogen-bond acceptors (Lipinski definition) is 4. The first kappa shape index (κ1) is 29.5. The Morgan fingerprint density at radius 1 is 0.952 bits per heavy atom. The fraction of sp³-hybridized carbons (Fsp3) is 0.727. The zero-order valence-electron chi connectivity index (χ0n) is 24.9. The van der Waals surface area contributed by atoms with E-state index >= 15 is 0 Å². The van der Waals surface area contributed by atoms with Crippen LogP contribution in [0.15, 0.2) is 30.3 Å². The molecule has 3 atom stereocenters. The van der Waals surface area contributed by atoms with Crippen LogP contribution in [0, 0.1) is 11.8 Å². The number of urea groups is 1. The van der Waals surface area contributed by atoms with E-state index < -0.39 is 11.5 Å². The number of piperidine rings is 1. The summed E-state index contributed by atoms with van der Waals surface area (Å²) in [6.45, 7) is 1.46. The van der Waals surface area contributed by atoms with E-state index in [-0.39, 0.29) is 67.6 Å². The van der Waals surface area contributed by atoms with Gasteiger partial charge in [-0.3, -0.25) is 19.4 Å². The fourth-order valence-corrected chi connectivity index (χ4v) is 8.71. The van der Waals surface area contributed by atoms with Crippen LogP contribution in [-0.4, -0.2) is 76.2 Å². The molecule has 1 aromatic rings. The lowest BCUT2D eigenvalue weighted by Gasteiger charge is -2.47. The van der Waals surface area contributed by atoms with Crippen molar-refractivity contribution in [2.75, 3.05) is 20.1 Å². The normalized spacial score (nSPS) is 31.2. The zero-order valence-corrected chi connectivity index (χ0v) is 24.9. The average molecular weight is 585 g/mol. The first-order valence-electron chi connectivity index (χ1n) is 16.3. The highest BCUT2D eigenvalue weighted by Gasteiger charge is 2.62. The SMILES string of the molecule is CN1C(=O)N(CC2CCCCC2)C2(CC3CCC(C2)N3CC[C@H](NC(=O)C2CCC(F)(F)CC2)c2ccccc2)C1=O. The maximum atomic E-state index is 13.7. The third-order valence-electron chi connectivity index (χ3n) is 11.1. The van der Waals surface area contributed by atoms with E-state index in [0.29, 0.717) is 31.7 Å². The summed E-state index contributed by atoms with van der Waals surface area (Å²) in [5, 5.41) is 3.22. The number of benzene rings is 1. The van der Waals surface area contributed by atoms with E-state index in [1.165, 1.54) is 24.2 Å². The van der Waals surface area contributed by atoms with Crippen molar-refractivity contribution in [2.45, 2.75) is 119 Å². The van der Waals surface area contributed by atoms with Crippen LogP contribution in [-0.2, 0) is 9.59 Å². The number of carbonyl (C=O) groups is 3. The lowest BCUT2D eigenvalue weighted by Crippen LogP contribution is -2.61. The summed E-state index contributed by atoms with van der Waals surface area (Å²) in [6.07, 6.45) is 9.97. The molecule has 5 aliphatic rings. The standard InChI is InChI=1S/C33H46F2N4O3/c1-37-30(41)32(39(31(37)42)22-23-8-4-2-5-9-23)20-26-12-13-27(21-32)38(26)19-16-28(24-10-6-3-7-11-24)36-29(40)25-14-17-33(34,35)18-15-25/h3,6-7,10-11,23,25-28H,2,4-5,8-9,12-22H2,1H3,(H,36,40)/t26?,27?,28-,32?/m0/s1. The van der Waals surface area contributed by atoms with Gasteiger partial charge in [-0.2, -0.15) is 0 Å². The van der Waals surface area contributed by atoms with Crippen LogP contribution in [0.25, 0.3) is 0 Å². The Labute approximate surface area is 248 Å². The van der Waals surface area contributed by atoms with Gasteiger partial charge in [0, 0.05) is 51.0 Å². The van der Waals surface area contributed by atoms with Gasteiger partial charge in [0.15, 0.2) is 0 Å². The van der Waals surface area contributed by atoms with Gasteiger partial charge in [-0.15, -0.1) is 0 Å². The Bertz CT molecular complexity index is 1130. The molecule has 9 heteroatoms. The van der Waals surface area contributed by atoms with Gasteiger partial charge in [0.1, 0.15) is 5.54 Å². The van der Waals surface area contributed by atoms with E-state index in [1.807, 2.05) is 35.2 Å². The maximum absolute atomic E-state index is 13.7.